The van der Waals surface area contributed by atoms with E-state index in [2.05, 4.69) is 36.5 Å². The van der Waals surface area contributed by atoms with Crippen molar-refractivity contribution in [2.45, 2.75) is 38.9 Å². The fourth-order valence-electron chi connectivity index (χ4n) is 3.22. The minimum atomic E-state index is -4.50. The van der Waals surface area contributed by atoms with E-state index in [4.69, 9.17) is 0 Å². The van der Waals surface area contributed by atoms with Gasteiger partial charge in [-0.2, -0.15) is 13.2 Å². The van der Waals surface area contributed by atoms with Gasteiger partial charge in [0, 0.05) is 24.8 Å². The SMILES string of the molecule is Cn1c(-c2cccc(C(F)(F)F)c2)nn(CCNC(=O)Nc2ccc(C(C)(C)C)cc2)c1=O. The van der Waals surface area contributed by atoms with Gasteiger partial charge in [-0.05, 0) is 35.2 Å². The summed E-state index contributed by atoms with van der Waals surface area (Å²) >= 11 is 0. The predicted octanol–water partition coefficient (Wildman–Crippen LogP) is 4.39. The van der Waals surface area contributed by atoms with E-state index in [0.29, 0.717) is 5.69 Å². The predicted molar refractivity (Wildman–Crippen MR) is 120 cm³/mol. The Morgan fingerprint density at radius 2 is 1.70 bits per heavy atom. The standard InChI is InChI=1S/C23H26F3N5O2/c1-22(2,3)16-8-10-18(11-9-16)28-20(32)27-12-13-31-21(33)30(4)19(29-31)15-6-5-7-17(14-15)23(24,25)26/h5-11,14H,12-13H2,1-4H3,(H2,27,28,32). The van der Waals surface area contributed by atoms with Gasteiger partial charge in [-0.1, -0.05) is 45.0 Å². The molecule has 0 radical (unpaired) electrons. The largest absolute Gasteiger partial charge is 0.416 e. The second-order valence-electron chi connectivity index (χ2n) is 8.68. The second kappa shape index (κ2) is 9.13. The molecule has 0 fully saturated rings. The van der Waals surface area contributed by atoms with Gasteiger partial charge >= 0.3 is 17.9 Å². The summed E-state index contributed by atoms with van der Waals surface area (Å²) in [4.78, 5) is 24.6. The van der Waals surface area contributed by atoms with Gasteiger partial charge in [0.2, 0.25) is 0 Å². The quantitative estimate of drug-likeness (QED) is 0.592. The molecule has 0 spiro atoms. The summed E-state index contributed by atoms with van der Waals surface area (Å²) in [6.07, 6.45) is -4.50. The number of nitrogens with zero attached hydrogens (tertiary/aromatic N) is 3. The first-order valence-corrected chi connectivity index (χ1v) is 10.3. The molecule has 10 heteroatoms. The highest BCUT2D eigenvalue weighted by Crippen LogP contribution is 2.31. The van der Waals surface area contributed by atoms with Gasteiger partial charge in [-0.25, -0.2) is 14.3 Å². The highest BCUT2D eigenvalue weighted by molar-refractivity contribution is 5.89. The van der Waals surface area contributed by atoms with Crippen LogP contribution >= 0.6 is 0 Å². The zero-order valence-electron chi connectivity index (χ0n) is 18.8. The Hall–Kier alpha value is -3.56. The number of carbonyl (C=O) groups excluding carboxylic acids is 1. The van der Waals surface area contributed by atoms with Gasteiger partial charge in [0.15, 0.2) is 5.82 Å². The molecule has 0 aliphatic carbocycles. The van der Waals surface area contributed by atoms with Crippen LogP contribution in [0.2, 0.25) is 0 Å². The number of benzene rings is 2. The van der Waals surface area contributed by atoms with Crippen LogP contribution in [0.4, 0.5) is 23.7 Å². The number of urea groups is 1. The number of hydrogen-bond donors (Lipinski definition) is 2. The van der Waals surface area contributed by atoms with Crippen molar-refractivity contribution in [1.82, 2.24) is 19.7 Å². The summed E-state index contributed by atoms with van der Waals surface area (Å²) < 4.78 is 41.3. The second-order valence-corrected chi connectivity index (χ2v) is 8.68. The third kappa shape index (κ3) is 5.82. The third-order valence-electron chi connectivity index (χ3n) is 5.11. The first kappa shape index (κ1) is 24.1. The van der Waals surface area contributed by atoms with Crippen molar-refractivity contribution in [3.63, 3.8) is 0 Å². The Bertz CT molecular complexity index is 1190. The molecule has 0 saturated heterocycles. The molecule has 7 nitrogen and oxygen atoms in total. The summed E-state index contributed by atoms with van der Waals surface area (Å²) in [5.74, 6) is 0.106. The van der Waals surface area contributed by atoms with Gasteiger partial charge in [0.25, 0.3) is 0 Å². The van der Waals surface area contributed by atoms with E-state index >= 15 is 0 Å². The molecule has 0 aliphatic rings. The minimum Gasteiger partial charge on any atom is -0.336 e. The lowest BCUT2D eigenvalue weighted by atomic mass is 9.87. The fraction of sp³-hybridized carbons (Fsp3) is 0.348. The Balaban J connectivity index is 1.62. The first-order valence-electron chi connectivity index (χ1n) is 10.3. The third-order valence-corrected chi connectivity index (χ3v) is 5.11. The number of amides is 2. The molecule has 1 aromatic heterocycles. The number of hydrogen-bond acceptors (Lipinski definition) is 3. The highest BCUT2D eigenvalue weighted by atomic mass is 19.4. The lowest BCUT2D eigenvalue weighted by Crippen LogP contribution is -2.34. The molecule has 3 rings (SSSR count). The van der Waals surface area contributed by atoms with E-state index in [1.165, 1.54) is 23.7 Å². The van der Waals surface area contributed by atoms with Gasteiger partial charge in [0.05, 0.1) is 12.1 Å². The summed E-state index contributed by atoms with van der Waals surface area (Å²) in [5.41, 5.74) is 0.622. The Kier molecular flexibility index (Phi) is 6.66. The topological polar surface area (TPSA) is 81.0 Å². The van der Waals surface area contributed by atoms with Crippen molar-refractivity contribution in [2.75, 3.05) is 11.9 Å². The summed E-state index contributed by atoms with van der Waals surface area (Å²) in [6, 6.07) is 11.7. The summed E-state index contributed by atoms with van der Waals surface area (Å²) in [7, 11) is 1.43. The molecule has 0 bridgehead atoms. The van der Waals surface area contributed by atoms with Crippen LogP contribution in [0.15, 0.2) is 53.3 Å². The zero-order chi connectivity index (χ0) is 24.4. The van der Waals surface area contributed by atoms with E-state index in [-0.39, 0.29) is 29.9 Å². The maximum Gasteiger partial charge on any atom is 0.416 e. The van der Waals surface area contributed by atoms with Crippen LogP contribution in [-0.4, -0.2) is 26.9 Å². The molecule has 0 aliphatic heterocycles. The average molecular weight is 461 g/mol. The maximum atomic E-state index is 13.0. The number of halogens is 3. The van der Waals surface area contributed by atoms with Gasteiger partial charge in [-0.3, -0.25) is 4.57 Å². The molecule has 3 aromatic rings. The van der Waals surface area contributed by atoms with Crippen LogP contribution in [0.5, 0.6) is 0 Å². The number of nitrogens with one attached hydrogen (secondary N) is 2. The first-order chi connectivity index (χ1) is 15.4. The molecule has 176 valence electrons. The van der Waals surface area contributed by atoms with E-state index in [1.807, 2.05) is 24.3 Å². The maximum absolute atomic E-state index is 13.0. The van der Waals surface area contributed by atoms with Crippen molar-refractivity contribution >= 4 is 11.7 Å². The van der Waals surface area contributed by atoms with Gasteiger partial charge in [-0.15, -0.1) is 5.10 Å². The van der Waals surface area contributed by atoms with E-state index in [9.17, 15) is 22.8 Å². The Morgan fingerprint density at radius 1 is 1.03 bits per heavy atom. The molecular weight excluding hydrogens is 435 g/mol. The zero-order valence-corrected chi connectivity index (χ0v) is 18.8. The highest BCUT2D eigenvalue weighted by Gasteiger charge is 2.31. The van der Waals surface area contributed by atoms with E-state index in [1.54, 1.807) is 0 Å². The molecular formula is C23H26F3N5O2. The normalized spacial score (nSPS) is 12.0. The van der Waals surface area contributed by atoms with Crippen molar-refractivity contribution in [2.24, 2.45) is 7.05 Å². The molecule has 1 heterocycles. The van der Waals surface area contributed by atoms with Crippen molar-refractivity contribution in [3.05, 3.63) is 70.1 Å². The number of alkyl halides is 3. The van der Waals surface area contributed by atoms with Gasteiger partial charge < -0.3 is 10.6 Å². The lowest BCUT2D eigenvalue weighted by molar-refractivity contribution is -0.137. The number of carbonyl (C=O) groups is 1. The van der Waals surface area contributed by atoms with Crippen molar-refractivity contribution in [1.29, 1.82) is 0 Å². The number of anilines is 1. The Morgan fingerprint density at radius 3 is 2.30 bits per heavy atom. The van der Waals surface area contributed by atoms with Crippen molar-refractivity contribution < 1.29 is 18.0 Å². The summed E-state index contributed by atoms with van der Waals surface area (Å²) in [5, 5.41) is 9.50. The van der Waals surface area contributed by atoms with E-state index in [0.717, 1.165) is 22.4 Å². The molecule has 0 atom stereocenters. The monoisotopic (exact) mass is 461 g/mol. The fourth-order valence-corrected chi connectivity index (χ4v) is 3.22. The average Bonchev–Trinajstić information content (AvgIpc) is 3.01. The minimum absolute atomic E-state index is 0.00362. The smallest absolute Gasteiger partial charge is 0.336 e. The summed E-state index contributed by atoms with van der Waals surface area (Å²) in [6.45, 7) is 6.45. The number of aromatic nitrogens is 3. The van der Waals surface area contributed by atoms with Crippen LogP contribution in [0.1, 0.15) is 31.9 Å². The molecule has 2 amide bonds. The van der Waals surface area contributed by atoms with Crippen molar-refractivity contribution in [3.8, 4) is 11.4 Å². The van der Waals surface area contributed by atoms with Gasteiger partial charge in [0.1, 0.15) is 0 Å². The molecule has 33 heavy (non-hydrogen) atoms. The van der Waals surface area contributed by atoms with Crippen LogP contribution in [0.3, 0.4) is 0 Å². The lowest BCUT2D eigenvalue weighted by Gasteiger charge is -2.19. The number of rotatable bonds is 5. The molecule has 0 unspecified atom stereocenters. The van der Waals surface area contributed by atoms with Crippen LogP contribution in [0, 0.1) is 0 Å². The van der Waals surface area contributed by atoms with Crippen LogP contribution < -0.4 is 16.3 Å². The molecule has 2 N–H and O–H groups in total. The van der Waals surface area contributed by atoms with Crippen LogP contribution in [-0.2, 0) is 25.2 Å². The van der Waals surface area contributed by atoms with Crippen LogP contribution in [0.25, 0.3) is 11.4 Å². The molecule has 2 aromatic carbocycles. The Labute approximate surface area is 189 Å². The molecule has 0 saturated carbocycles. The van der Waals surface area contributed by atoms with E-state index < -0.39 is 23.5 Å².